The second-order valence-electron chi connectivity index (χ2n) is 12.2. The number of carbonyl (C=O) groups excluding carboxylic acids is 3. The molecule has 3 amide bonds. The Morgan fingerprint density at radius 2 is 1.81 bits per heavy atom. The first-order valence-electron chi connectivity index (χ1n) is 16.0. The lowest BCUT2D eigenvalue weighted by Crippen LogP contribution is -2.56. The largest absolute Gasteiger partial charge is 0.348 e. The van der Waals surface area contributed by atoms with Crippen LogP contribution in [0.3, 0.4) is 0 Å². The van der Waals surface area contributed by atoms with Crippen LogP contribution in [0, 0.1) is 17.2 Å². The number of piperidine rings is 1. The van der Waals surface area contributed by atoms with E-state index in [9.17, 15) is 18.8 Å². The number of urea groups is 1. The van der Waals surface area contributed by atoms with Gasteiger partial charge in [-0.2, -0.15) is 0 Å². The minimum absolute atomic E-state index is 0.144. The van der Waals surface area contributed by atoms with Crippen molar-refractivity contribution in [2.75, 3.05) is 19.6 Å². The molecule has 1 saturated heterocycles. The van der Waals surface area contributed by atoms with Gasteiger partial charge in [0.05, 0.1) is 6.33 Å². The van der Waals surface area contributed by atoms with Gasteiger partial charge in [0.1, 0.15) is 17.6 Å². The number of amides is 3. The zero-order chi connectivity index (χ0) is 29.8. The fourth-order valence-electron chi connectivity index (χ4n) is 6.90. The molecule has 230 valence electrons. The fourth-order valence-corrected chi connectivity index (χ4v) is 6.90. The number of benzene rings is 1. The van der Waals surface area contributed by atoms with Crippen LogP contribution in [0.2, 0.25) is 0 Å². The van der Waals surface area contributed by atoms with E-state index in [0.717, 1.165) is 56.2 Å². The van der Waals surface area contributed by atoms with Gasteiger partial charge in [-0.15, -0.1) is 0 Å². The van der Waals surface area contributed by atoms with E-state index in [4.69, 9.17) is 0 Å². The summed E-state index contributed by atoms with van der Waals surface area (Å²) < 4.78 is 13.6. The molecule has 0 unspecified atom stereocenters. The average Bonchev–Trinajstić information content (AvgIpc) is 3.53. The lowest BCUT2D eigenvalue weighted by Gasteiger charge is -2.47. The summed E-state index contributed by atoms with van der Waals surface area (Å²) >= 11 is 0. The molecule has 1 aromatic carbocycles. The van der Waals surface area contributed by atoms with E-state index in [1.54, 1.807) is 18.5 Å². The minimum atomic E-state index is -0.774. The highest BCUT2D eigenvalue weighted by molar-refractivity contribution is 5.88. The maximum Gasteiger partial charge on any atom is 0.315 e. The van der Waals surface area contributed by atoms with Crippen molar-refractivity contribution in [1.29, 1.82) is 0 Å². The van der Waals surface area contributed by atoms with Gasteiger partial charge in [-0.1, -0.05) is 44.7 Å². The molecule has 3 N–H and O–H groups in total. The Balaban J connectivity index is 1.34. The smallest absolute Gasteiger partial charge is 0.315 e. The first-order valence-corrected chi connectivity index (χ1v) is 16.0. The van der Waals surface area contributed by atoms with Gasteiger partial charge in [-0.3, -0.25) is 9.59 Å². The lowest BCUT2D eigenvalue weighted by atomic mass is 9.61. The van der Waals surface area contributed by atoms with Gasteiger partial charge in [0.15, 0.2) is 0 Å². The molecule has 2 fully saturated rings. The number of aromatic nitrogens is 2. The molecule has 1 aromatic heterocycles. The van der Waals surface area contributed by atoms with E-state index in [0.29, 0.717) is 50.6 Å². The van der Waals surface area contributed by atoms with Crippen LogP contribution in [-0.4, -0.2) is 58.3 Å². The van der Waals surface area contributed by atoms with Crippen molar-refractivity contribution in [3.05, 3.63) is 53.9 Å². The second kappa shape index (κ2) is 15.8. The summed E-state index contributed by atoms with van der Waals surface area (Å²) in [5, 5.41) is 5.80. The van der Waals surface area contributed by atoms with Crippen LogP contribution in [0.15, 0.2) is 36.8 Å². The summed E-state index contributed by atoms with van der Waals surface area (Å²) in [6.07, 6.45) is 16.1. The molecule has 2 aliphatic rings. The van der Waals surface area contributed by atoms with Crippen LogP contribution in [0.5, 0.6) is 0 Å². The van der Waals surface area contributed by atoms with E-state index in [1.807, 2.05) is 11.1 Å². The van der Waals surface area contributed by atoms with Crippen LogP contribution in [0.4, 0.5) is 9.18 Å². The molecule has 1 saturated carbocycles. The van der Waals surface area contributed by atoms with E-state index in [2.05, 4.69) is 27.5 Å². The van der Waals surface area contributed by atoms with Crippen LogP contribution in [0.25, 0.3) is 0 Å². The normalized spacial score (nSPS) is 17.9. The summed E-state index contributed by atoms with van der Waals surface area (Å²) in [5.74, 6) is 0.288. The van der Waals surface area contributed by atoms with Gasteiger partial charge in [0.2, 0.25) is 5.91 Å². The van der Waals surface area contributed by atoms with Crippen molar-refractivity contribution >= 4 is 17.7 Å². The number of halogens is 1. The number of hydrogen-bond donors (Lipinski definition) is 3. The van der Waals surface area contributed by atoms with Gasteiger partial charge >= 0.3 is 6.03 Å². The van der Waals surface area contributed by atoms with Crippen LogP contribution in [-0.2, 0) is 22.4 Å². The van der Waals surface area contributed by atoms with Crippen molar-refractivity contribution in [2.45, 2.75) is 103 Å². The Hall–Kier alpha value is -3.23. The molecule has 2 heterocycles. The number of rotatable bonds is 14. The summed E-state index contributed by atoms with van der Waals surface area (Å²) in [6.45, 7) is 3.61. The Morgan fingerprint density at radius 1 is 1.07 bits per heavy atom. The number of unbranched alkanes of at least 4 members (excludes halogenated alkanes) is 2. The Kier molecular flexibility index (Phi) is 12.0. The van der Waals surface area contributed by atoms with E-state index in [1.165, 1.54) is 31.4 Å². The van der Waals surface area contributed by atoms with Crippen LogP contribution < -0.4 is 10.6 Å². The SMILES string of the molecule is CCCC(=O)C1(C2CCCCC2)CCN(C(=O)[C@@H](Cc2ccc(F)cc2)NC(=O)NCCCCCc2cnc[nH]2)CC1. The van der Waals surface area contributed by atoms with Crippen molar-refractivity contribution < 1.29 is 18.8 Å². The second-order valence-corrected chi connectivity index (χ2v) is 12.2. The first-order chi connectivity index (χ1) is 20.4. The van der Waals surface area contributed by atoms with Crippen molar-refractivity contribution in [2.24, 2.45) is 11.3 Å². The maximum absolute atomic E-state index is 13.8. The number of ketones is 1. The molecule has 0 spiro atoms. The summed E-state index contributed by atoms with van der Waals surface area (Å²) in [5.41, 5.74) is 1.55. The van der Waals surface area contributed by atoms with Crippen molar-refractivity contribution in [1.82, 2.24) is 25.5 Å². The number of nitrogens with one attached hydrogen (secondary N) is 3. The summed E-state index contributed by atoms with van der Waals surface area (Å²) in [4.78, 5) is 49.1. The standard InChI is InChI=1S/C33H48FN5O3/c1-2-9-30(40)33(26-10-5-3-6-11-26)17-20-39(21-18-33)31(41)29(22-25-13-15-27(34)16-14-25)38-32(42)36-19-8-4-7-12-28-23-35-24-37-28/h13-16,23-24,26,29H,2-12,17-22H2,1H3,(H,35,37)(H2,36,38,42)/t29-/m1/s1. The summed E-state index contributed by atoms with van der Waals surface area (Å²) in [6, 6.07) is 4.91. The molecule has 1 aliphatic carbocycles. The zero-order valence-corrected chi connectivity index (χ0v) is 25.1. The van der Waals surface area contributed by atoms with Gasteiger partial charge in [-0.25, -0.2) is 14.2 Å². The predicted molar refractivity (Wildman–Crippen MR) is 161 cm³/mol. The zero-order valence-electron chi connectivity index (χ0n) is 25.1. The molecule has 42 heavy (non-hydrogen) atoms. The van der Waals surface area contributed by atoms with Crippen LogP contribution in [0.1, 0.15) is 95.2 Å². The fraction of sp³-hybridized carbons (Fsp3) is 0.636. The number of hydrogen-bond acceptors (Lipinski definition) is 4. The quantitative estimate of drug-likeness (QED) is 0.248. The predicted octanol–water partition coefficient (Wildman–Crippen LogP) is 5.73. The monoisotopic (exact) mass is 581 g/mol. The maximum atomic E-state index is 13.8. The number of aromatic amines is 1. The van der Waals surface area contributed by atoms with Crippen molar-refractivity contribution in [3.8, 4) is 0 Å². The third-order valence-electron chi connectivity index (χ3n) is 9.31. The minimum Gasteiger partial charge on any atom is -0.348 e. The Morgan fingerprint density at radius 3 is 2.48 bits per heavy atom. The molecular formula is C33H48FN5O3. The summed E-state index contributed by atoms with van der Waals surface area (Å²) in [7, 11) is 0. The number of likely N-dealkylation sites (tertiary alicyclic amines) is 1. The van der Waals surface area contributed by atoms with Gasteiger partial charge in [-0.05, 0) is 75.0 Å². The van der Waals surface area contributed by atoms with Gasteiger partial charge in [0, 0.05) is 49.8 Å². The molecular weight excluding hydrogens is 533 g/mol. The number of Topliss-reactive ketones (excluding diaryl/α,β-unsaturated/α-hetero) is 1. The number of H-pyrrole nitrogens is 1. The highest BCUT2D eigenvalue weighted by Gasteiger charge is 2.47. The third kappa shape index (κ3) is 8.65. The number of aryl methyl sites for hydroxylation is 1. The van der Waals surface area contributed by atoms with E-state index >= 15 is 0 Å². The lowest BCUT2D eigenvalue weighted by molar-refractivity contribution is -0.144. The molecule has 2 aromatic rings. The number of nitrogens with zero attached hydrogens (tertiary/aromatic N) is 2. The highest BCUT2D eigenvalue weighted by Crippen LogP contribution is 2.47. The van der Waals surface area contributed by atoms with E-state index in [-0.39, 0.29) is 29.6 Å². The highest BCUT2D eigenvalue weighted by atomic mass is 19.1. The molecule has 1 atom stereocenters. The topological polar surface area (TPSA) is 107 Å². The van der Waals surface area contributed by atoms with Crippen molar-refractivity contribution in [3.63, 3.8) is 0 Å². The molecule has 8 nitrogen and oxygen atoms in total. The first kappa shape index (κ1) is 31.7. The molecule has 9 heteroatoms. The molecule has 4 rings (SSSR count). The van der Waals surface area contributed by atoms with Gasteiger partial charge < -0.3 is 20.5 Å². The Bertz CT molecular complexity index is 1120. The van der Waals surface area contributed by atoms with E-state index < -0.39 is 6.04 Å². The average molecular weight is 582 g/mol. The molecule has 0 bridgehead atoms. The number of imidazole rings is 1. The third-order valence-corrected chi connectivity index (χ3v) is 9.31. The number of carbonyl (C=O) groups is 3. The molecule has 0 radical (unpaired) electrons. The van der Waals surface area contributed by atoms with Gasteiger partial charge in [0.25, 0.3) is 0 Å². The Labute approximate surface area is 249 Å². The van der Waals surface area contributed by atoms with Crippen LogP contribution >= 0.6 is 0 Å². The molecule has 1 aliphatic heterocycles.